The predicted octanol–water partition coefficient (Wildman–Crippen LogP) is 1.90. The molecule has 8 heteroatoms. The summed E-state index contributed by atoms with van der Waals surface area (Å²) in [5.41, 5.74) is 0.631. The van der Waals surface area contributed by atoms with Crippen molar-refractivity contribution in [2.45, 2.75) is 52.9 Å². The summed E-state index contributed by atoms with van der Waals surface area (Å²) in [5.74, 6) is 0.685. The number of aromatic nitrogens is 5. The van der Waals surface area contributed by atoms with Gasteiger partial charge in [-0.2, -0.15) is 9.78 Å². The lowest BCUT2D eigenvalue weighted by atomic mass is 10.2. The highest BCUT2D eigenvalue weighted by atomic mass is 32.1. The zero-order valence-corrected chi connectivity index (χ0v) is 16.8. The molecule has 1 aromatic carbocycles. The minimum atomic E-state index is -0.0946. The third-order valence-electron chi connectivity index (χ3n) is 4.75. The molecule has 3 aromatic rings. The maximum Gasteiger partial charge on any atom is 0.258 e. The van der Waals surface area contributed by atoms with E-state index in [1.54, 1.807) is 6.07 Å². The van der Waals surface area contributed by atoms with Crippen LogP contribution >= 0.6 is 12.2 Å². The fourth-order valence-corrected chi connectivity index (χ4v) is 3.38. The minimum absolute atomic E-state index is 0.0946. The van der Waals surface area contributed by atoms with Crippen LogP contribution < -0.4 is 10.5 Å². The Labute approximate surface area is 163 Å². The first-order valence-corrected chi connectivity index (χ1v) is 9.97. The molecule has 2 heterocycles. The van der Waals surface area contributed by atoms with Crippen LogP contribution in [0.2, 0.25) is 0 Å². The van der Waals surface area contributed by atoms with Crippen LogP contribution in [-0.2, 0) is 19.8 Å². The van der Waals surface area contributed by atoms with E-state index in [0.29, 0.717) is 24.4 Å². The highest BCUT2D eigenvalue weighted by Crippen LogP contribution is 2.05. The molecule has 2 aromatic heterocycles. The maximum absolute atomic E-state index is 12.3. The number of unbranched alkanes of at least 4 members (excludes halogenated alkanes) is 2. The van der Waals surface area contributed by atoms with Gasteiger partial charge in [0.2, 0.25) is 4.77 Å². The second-order valence-electron chi connectivity index (χ2n) is 6.78. The number of benzene rings is 1. The number of aromatic amines is 1. The summed E-state index contributed by atoms with van der Waals surface area (Å²) in [4.78, 5) is 21.0. The number of nitrogens with zero attached hydrogens (tertiary/aromatic N) is 4. The molecular formula is C19H27N6OS+. The molecule has 27 heavy (non-hydrogen) atoms. The smallest absolute Gasteiger partial charge is 0.258 e. The van der Waals surface area contributed by atoms with E-state index in [1.807, 2.05) is 33.8 Å². The fraction of sp³-hybridized carbons (Fsp3) is 0.474. The number of H-pyrrole nitrogens is 1. The van der Waals surface area contributed by atoms with Crippen LogP contribution in [0, 0.1) is 4.77 Å². The highest BCUT2D eigenvalue weighted by Gasteiger charge is 2.13. The Kier molecular flexibility index (Phi) is 6.52. The lowest BCUT2D eigenvalue weighted by Gasteiger charge is -2.17. The lowest BCUT2D eigenvalue weighted by molar-refractivity contribution is -0.935. The van der Waals surface area contributed by atoms with E-state index >= 15 is 0 Å². The first kappa shape index (κ1) is 19.4. The minimum Gasteiger partial charge on any atom is -0.310 e. The average Bonchev–Trinajstić information content (AvgIpc) is 3.01. The fourth-order valence-electron chi connectivity index (χ4n) is 3.13. The van der Waals surface area contributed by atoms with Crippen molar-refractivity contribution in [2.24, 2.45) is 0 Å². The van der Waals surface area contributed by atoms with Gasteiger partial charge in [-0.3, -0.25) is 4.79 Å². The van der Waals surface area contributed by atoms with Gasteiger partial charge in [0.25, 0.3) is 5.56 Å². The number of nitrogens with one attached hydrogen (secondary N) is 2. The van der Waals surface area contributed by atoms with Crippen molar-refractivity contribution in [3.8, 4) is 0 Å². The van der Waals surface area contributed by atoms with Crippen LogP contribution in [-0.4, -0.2) is 30.9 Å². The molecule has 144 valence electrons. The van der Waals surface area contributed by atoms with Crippen molar-refractivity contribution in [2.75, 3.05) is 6.54 Å². The molecule has 0 saturated heterocycles. The van der Waals surface area contributed by atoms with Crippen LogP contribution in [0.15, 0.2) is 35.4 Å². The van der Waals surface area contributed by atoms with Crippen LogP contribution in [0.25, 0.3) is 10.9 Å². The first-order valence-electron chi connectivity index (χ1n) is 9.56. The molecule has 0 amide bonds. The quantitative estimate of drug-likeness (QED) is 0.435. The Hall–Kier alpha value is -2.32. The van der Waals surface area contributed by atoms with Gasteiger partial charge < -0.3 is 14.5 Å². The van der Waals surface area contributed by atoms with Crippen molar-refractivity contribution < 1.29 is 4.90 Å². The largest absolute Gasteiger partial charge is 0.310 e. The number of para-hydroxylation sites is 1. The molecule has 0 fully saturated rings. The summed E-state index contributed by atoms with van der Waals surface area (Å²) in [6, 6.07) is 7.41. The number of rotatable bonds is 9. The van der Waals surface area contributed by atoms with Crippen LogP contribution in [0.3, 0.4) is 0 Å². The van der Waals surface area contributed by atoms with Gasteiger partial charge in [0.15, 0.2) is 12.5 Å². The Balaban J connectivity index is 1.73. The van der Waals surface area contributed by atoms with Crippen LogP contribution in [0.4, 0.5) is 0 Å². The van der Waals surface area contributed by atoms with E-state index in [0.717, 1.165) is 29.8 Å². The molecule has 7 nitrogen and oxygen atoms in total. The molecule has 1 unspecified atom stereocenters. The number of fused-ring (bicyclic) bond motifs is 1. The van der Waals surface area contributed by atoms with Gasteiger partial charge >= 0.3 is 0 Å². The van der Waals surface area contributed by atoms with Gasteiger partial charge in [0, 0.05) is 6.54 Å². The summed E-state index contributed by atoms with van der Waals surface area (Å²) in [6.45, 7) is 7.34. The van der Waals surface area contributed by atoms with Gasteiger partial charge in [0.1, 0.15) is 12.9 Å². The standard InChI is InChI=1S/C19H26N6OS/c1-3-5-8-11-24-13-20-25(19(24)27)14-23(4-2)12-17-21-16-10-7-6-9-15(16)18(26)22-17/h6-7,9-10,13H,3-5,8,11-12,14H2,1-2H3,(H,21,22,26)/p+1. The van der Waals surface area contributed by atoms with Gasteiger partial charge in [0.05, 0.1) is 17.4 Å². The first-order chi connectivity index (χ1) is 13.1. The van der Waals surface area contributed by atoms with Crippen LogP contribution in [0.1, 0.15) is 38.9 Å². The molecule has 1 atom stereocenters. The summed E-state index contributed by atoms with van der Waals surface area (Å²) >= 11 is 5.57. The molecule has 0 bridgehead atoms. The number of quaternary nitrogens is 1. The zero-order chi connectivity index (χ0) is 19.2. The van der Waals surface area contributed by atoms with Gasteiger partial charge in [-0.05, 0) is 37.7 Å². The number of hydrogen-bond acceptors (Lipinski definition) is 4. The van der Waals surface area contributed by atoms with Gasteiger partial charge in [-0.1, -0.05) is 31.9 Å². The molecule has 0 aliphatic rings. The van der Waals surface area contributed by atoms with E-state index < -0.39 is 0 Å². The summed E-state index contributed by atoms with van der Waals surface area (Å²) in [6.07, 6.45) is 5.32. The van der Waals surface area contributed by atoms with Crippen molar-refractivity contribution >= 4 is 23.1 Å². The van der Waals surface area contributed by atoms with E-state index in [-0.39, 0.29) is 5.56 Å². The maximum atomic E-state index is 12.3. The second-order valence-corrected chi connectivity index (χ2v) is 7.15. The van der Waals surface area contributed by atoms with Gasteiger partial charge in [-0.15, -0.1) is 0 Å². The third-order valence-corrected chi connectivity index (χ3v) is 5.20. The average molecular weight is 388 g/mol. The number of aryl methyl sites for hydroxylation is 1. The van der Waals surface area contributed by atoms with Crippen molar-refractivity contribution in [1.29, 1.82) is 0 Å². The molecule has 0 radical (unpaired) electrons. The molecule has 0 spiro atoms. The van der Waals surface area contributed by atoms with E-state index in [1.165, 1.54) is 17.7 Å². The Morgan fingerprint density at radius 2 is 2.04 bits per heavy atom. The monoisotopic (exact) mass is 387 g/mol. The lowest BCUT2D eigenvalue weighted by Crippen LogP contribution is -3.09. The predicted molar refractivity (Wildman–Crippen MR) is 108 cm³/mol. The van der Waals surface area contributed by atoms with Crippen molar-refractivity contribution in [3.05, 3.63) is 51.5 Å². The normalized spacial score (nSPS) is 12.5. The number of hydrogen-bond donors (Lipinski definition) is 2. The van der Waals surface area contributed by atoms with E-state index in [9.17, 15) is 4.79 Å². The molecule has 0 aliphatic heterocycles. The molecule has 0 aliphatic carbocycles. The molecular weight excluding hydrogens is 360 g/mol. The summed E-state index contributed by atoms with van der Waals surface area (Å²) in [7, 11) is 0. The van der Waals surface area contributed by atoms with E-state index in [4.69, 9.17) is 12.2 Å². The second kappa shape index (κ2) is 9.05. The topological polar surface area (TPSA) is 72.9 Å². The Morgan fingerprint density at radius 3 is 2.81 bits per heavy atom. The molecule has 3 rings (SSSR count). The Morgan fingerprint density at radius 1 is 1.22 bits per heavy atom. The zero-order valence-electron chi connectivity index (χ0n) is 15.9. The Bertz CT molecular complexity index is 1010. The van der Waals surface area contributed by atoms with E-state index in [2.05, 4.69) is 28.9 Å². The SMILES string of the molecule is CCCCCn1cnn(C[NH+](CC)Cc2nc3ccccc3c(=O)[nH]2)c1=S. The van der Waals surface area contributed by atoms with Gasteiger partial charge in [-0.25, -0.2) is 4.98 Å². The molecule has 0 saturated carbocycles. The summed E-state index contributed by atoms with van der Waals surface area (Å²) < 4.78 is 4.64. The van der Waals surface area contributed by atoms with Crippen molar-refractivity contribution in [1.82, 2.24) is 24.3 Å². The van der Waals surface area contributed by atoms with Crippen LogP contribution in [0.5, 0.6) is 0 Å². The summed E-state index contributed by atoms with van der Waals surface area (Å²) in [5, 5.41) is 5.07. The highest BCUT2D eigenvalue weighted by molar-refractivity contribution is 7.71. The molecule has 2 N–H and O–H groups in total. The third kappa shape index (κ3) is 4.70. The van der Waals surface area contributed by atoms with Crippen molar-refractivity contribution in [3.63, 3.8) is 0 Å².